The maximum absolute atomic E-state index is 14.4. The van der Waals surface area contributed by atoms with E-state index in [4.69, 9.17) is 28.4 Å². The first kappa shape index (κ1) is 45.4. The fourth-order valence-corrected chi connectivity index (χ4v) is 6.77. The third-order valence-electron chi connectivity index (χ3n) is 10.0. The Morgan fingerprint density at radius 1 is 0.433 bits per heavy atom. The average Bonchev–Trinajstić information content (AvgIpc) is 3.27. The van der Waals surface area contributed by atoms with Crippen LogP contribution in [0.1, 0.15) is 51.8 Å². The summed E-state index contributed by atoms with van der Waals surface area (Å²) in [7, 11) is 0. The number of carbonyl (C=O) groups is 5. The van der Waals surface area contributed by atoms with Gasteiger partial charge in [0, 0.05) is 11.1 Å². The van der Waals surface area contributed by atoms with E-state index in [9.17, 15) is 101 Å². The molecule has 5 atom stereocenters. The summed E-state index contributed by atoms with van der Waals surface area (Å²) in [6.45, 7) is -1.24. The van der Waals surface area contributed by atoms with E-state index in [-0.39, 0.29) is 0 Å². The molecule has 15 N–H and O–H groups in total. The summed E-state index contributed by atoms with van der Waals surface area (Å²) >= 11 is 0. The molecule has 0 saturated carbocycles. The van der Waals surface area contributed by atoms with Gasteiger partial charge in [-0.1, -0.05) is 0 Å². The number of phenols is 15. The second-order valence-electron chi connectivity index (χ2n) is 14.3. The average molecular weight is 939 g/mol. The zero-order valence-electron chi connectivity index (χ0n) is 32.9. The lowest BCUT2D eigenvalue weighted by Crippen LogP contribution is -2.63. The molecule has 0 radical (unpaired) electrons. The fraction of sp³-hybridized carbons (Fsp3) is 0.146. The van der Waals surface area contributed by atoms with Crippen molar-refractivity contribution < 1.29 is 129 Å². The standard InChI is InChI=1S/C41H30O26/c42-15-1-10(2-16(43)26(15)50)36(57)62-9-23-33-34(65-40(61)14-8-22(49)30(54)32(56)25(14)24-13(39(60)64-33)7-21(48)29(53)31(24)55)35(66-37(58)11-3-17(44)27(51)18(45)4-11)41(63-23)67-38(59)12-5-19(46)28(52)20(47)6-12/h1-8,23,33-35,41-56H,9H2/t23-,33-,34+,35-,41-/m1/s1. The summed E-state index contributed by atoms with van der Waals surface area (Å²) in [6, 6.07) is 4.30. The van der Waals surface area contributed by atoms with Gasteiger partial charge in [-0.25, -0.2) is 24.0 Å². The Morgan fingerprint density at radius 3 is 1.18 bits per heavy atom. The van der Waals surface area contributed by atoms with E-state index in [0.29, 0.717) is 48.5 Å². The van der Waals surface area contributed by atoms with E-state index >= 15 is 0 Å². The summed E-state index contributed by atoms with van der Waals surface area (Å²) in [5.74, 6) is -26.1. The van der Waals surface area contributed by atoms with Gasteiger partial charge in [0.05, 0.1) is 27.8 Å². The smallest absolute Gasteiger partial charge is 0.340 e. The van der Waals surface area contributed by atoms with Crippen molar-refractivity contribution in [3.05, 3.63) is 76.3 Å². The van der Waals surface area contributed by atoms with E-state index in [1.165, 1.54) is 0 Å². The van der Waals surface area contributed by atoms with Gasteiger partial charge in [0.25, 0.3) is 0 Å². The molecule has 1 fully saturated rings. The van der Waals surface area contributed by atoms with E-state index in [2.05, 4.69) is 0 Å². The highest BCUT2D eigenvalue weighted by molar-refractivity contribution is 6.08. The second kappa shape index (κ2) is 16.8. The molecule has 2 aliphatic rings. The third-order valence-corrected chi connectivity index (χ3v) is 10.0. The summed E-state index contributed by atoms with van der Waals surface area (Å²) < 4.78 is 33.4. The van der Waals surface area contributed by atoms with Crippen LogP contribution in [0.4, 0.5) is 0 Å². The van der Waals surface area contributed by atoms with Crippen molar-refractivity contribution >= 4 is 29.8 Å². The number of esters is 5. The van der Waals surface area contributed by atoms with Gasteiger partial charge in [-0.2, -0.15) is 0 Å². The molecule has 26 heteroatoms. The summed E-state index contributed by atoms with van der Waals surface area (Å²) in [5, 5.41) is 154. The molecule has 0 amide bonds. The minimum atomic E-state index is -2.55. The minimum Gasteiger partial charge on any atom is -0.504 e. The van der Waals surface area contributed by atoms with Crippen molar-refractivity contribution in [1.29, 1.82) is 0 Å². The predicted molar refractivity (Wildman–Crippen MR) is 208 cm³/mol. The van der Waals surface area contributed by atoms with Crippen LogP contribution in [0.15, 0.2) is 48.5 Å². The van der Waals surface area contributed by atoms with Crippen LogP contribution in [0.25, 0.3) is 11.1 Å². The van der Waals surface area contributed by atoms with Crippen LogP contribution >= 0.6 is 0 Å². The predicted octanol–water partition coefficient (Wildman–Crippen LogP) is 1.67. The van der Waals surface area contributed by atoms with Crippen LogP contribution in [0.3, 0.4) is 0 Å². The Kier molecular flexibility index (Phi) is 11.4. The van der Waals surface area contributed by atoms with E-state index in [1.54, 1.807) is 0 Å². The van der Waals surface area contributed by atoms with Gasteiger partial charge >= 0.3 is 29.8 Å². The molecule has 2 heterocycles. The van der Waals surface area contributed by atoms with Gasteiger partial charge in [0.1, 0.15) is 12.7 Å². The summed E-state index contributed by atoms with van der Waals surface area (Å²) in [6.07, 6.45) is -12.1. The van der Waals surface area contributed by atoms with Gasteiger partial charge in [-0.3, -0.25) is 0 Å². The lowest BCUT2D eigenvalue weighted by atomic mass is 9.91. The summed E-state index contributed by atoms with van der Waals surface area (Å²) in [5.41, 5.74) is -6.54. The Labute approximate surface area is 369 Å². The Morgan fingerprint density at radius 2 is 0.776 bits per heavy atom. The van der Waals surface area contributed by atoms with Crippen molar-refractivity contribution in [3.8, 4) is 97.4 Å². The highest BCUT2D eigenvalue weighted by Crippen LogP contribution is 2.53. The van der Waals surface area contributed by atoms with Crippen LogP contribution in [0.5, 0.6) is 86.2 Å². The monoisotopic (exact) mass is 938 g/mol. The van der Waals surface area contributed by atoms with E-state index in [1.807, 2.05) is 0 Å². The SMILES string of the molecule is O=C(OC[C@H]1O[C@H](OC(=O)c2cc(O)c(O)c(O)c2)[C@H](OC(=O)c2cc(O)c(O)c(O)c2)[C@H]2OC(=O)c3cc(O)c(O)c(O)c3-c3c(cc(O)c(O)c3O)C(=O)O[C@@H]21)c1cc(O)c(O)c(O)c1. The molecule has 5 aromatic rings. The molecule has 67 heavy (non-hydrogen) atoms. The molecule has 1 saturated heterocycles. The fourth-order valence-electron chi connectivity index (χ4n) is 6.77. The van der Waals surface area contributed by atoms with Crippen LogP contribution < -0.4 is 0 Å². The molecular formula is C41H30O26. The highest BCUT2D eigenvalue weighted by atomic mass is 16.7. The van der Waals surface area contributed by atoms with Crippen molar-refractivity contribution in [2.24, 2.45) is 0 Å². The molecule has 0 bridgehead atoms. The number of ether oxygens (including phenoxy) is 6. The number of aromatic hydroxyl groups is 15. The number of carbonyl (C=O) groups excluding carboxylic acids is 5. The molecule has 0 aliphatic carbocycles. The molecule has 0 unspecified atom stereocenters. The van der Waals surface area contributed by atoms with Crippen LogP contribution in [0, 0.1) is 0 Å². The number of benzene rings is 5. The maximum atomic E-state index is 14.4. The number of hydrogen-bond acceptors (Lipinski definition) is 26. The molecule has 0 aromatic heterocycles. The molecule has 7 rings (SSSR count). The normalized spacial score (nSPS) is 18.8. The van der Waals surface area contributed by atoms with Gasteiger partial charge in [0.15, 0.2) is 87.0 Å². The van der Waals surface area contributed by atoms with Gasteiger partial charge in [0.2, 0.25) is 23.9 Å². The first-order valence-electron chi connectivity index (χ1n) is 18.5. The van der Waals surface area contributed by atoms with Crippen LogP contribution in [-0.2, 0) is 28.4 Å². The second-order valence-corrected chi connectivity index (χ2v) is 14.3. The van der Waals surface area contributed by atoms with Crippen molar-refractivity contribution in [2.75, 3.05) is 6.61 Å². The highest BCUT2D eigenvalue weighted by Gasteiger charge is 2.55. The zero-order valence-corrected chi connectivity index (χ0v) is 32.9. The lowest BCUT2D eigenvalue weighted by Gasteiger charge is -2.44. The Balaban J connectivity index is 1.42. The molecule has 26 nitrogen and oxygen atoms in total. The summed E-state index contributed by atoms with van der Waals surface area (Å²) in [4.78, 5) is 69.5. The van der Waals surface area contributed by atoms with Crippen molar-refractivity contribution in [3.63, 3.8) is 0 Å². The number of fused-ring (bicyclic) bond motifs is 4. The first-order chi connectivity index (χ1) is 31.5. The van der Waals surface area contributed by atoms with Gasteiger partial charge < -0.3 is 105 Å². The van der Waals surface area contributed by atoms with Crippen molar-refractivity contribution in [2.45, 2.75) is 30.7 Å². The van der Waals surface area contributed by atoms with E-state index in [0.717, 1.165) is 0 Å². The zero-order chi connectivity index (χ0) is 49.1. The third kappa shape index (κ3) is 8.12. The largest absolute Gasteiger partial charge is 0.504 e. The molecule has 0 spiro atoms. The van der Waals surface area contributed by atoms with Gasteiger partial charge in [-0.05, 0) is 48.5 Å². The topological polar surface area (TPSA) is 444 Å². The Hall–Kier alpha value is -9.59. The maximum Gasteiger partial charge on any atom is 0.340 e. The van der Waals surface area contributed by atoms with Gasteiger partial charge in [-0.15, -0.1) is 0 Å². The lowest BCUT2D eigenvalue weighted by molar-refractivity contribution is -0.282. The van der Waals surface area contributed by atoms with Crippen LogP contribution in [0.2, 0.25) is 0 Å². The number of hydrogen-bond donors (Lipinski definition) is 15. The first-order valence-corrected chi connectivity index (χ1v) is 18.5. The van der Waals surface area contributed by atoms with Crippen molar-refractivity contribution in [1.82, 2.24) is 0 Å². The van der Waals surface area contributed by atoms with E-state index < -0.39 is 192 Å². The molecule has 2 aliphatic heterocycles. The quantitative estimate of drug-likeness (QED) is 0.0627. The molecular weight excluding hydrogens is 908 g/mol. The number of rotatable bonds is 7. The molecule has 5 aromatic carbocycles. The number of phenolic OH excluding ortho intramolecular Hbond substituents is 15. The minimum absolute atomic E-state index is 0.410. The molecule has 350 valence electrons. The van der Waals surface area contributed by atoms with Crippen LogP contribution in [-0.4, -0.2) is 144 Å². The Bertz CT molecular complexity index is 2870.